The minimum absolute atomic E-state index is 0.112. The molecule has 2 saturated heterocycles. The molecule has 27 heavy (non-hydrogen) atoms. The third-order valence-corrected chi connectivity index (χ3v) is 6.43. The van der Waals surface area contributed by atoms with Crippen LogP contribution in [0.2, 0.25) is 0 Å². The van der Waals surface area contributed by atoms with Crippen LogP contribution in [-0.4, -0.2) is 55.6 Å². The summed E-state index contributed by atoms with van der Waals surface area (Å²) in [6.07, 6.45) is -1.01. The van der Waals surface area contributed by atoms with Gasteiger partial charge in [0.1, 0.15) is 6.10 Å². The molecule has 0 spiro atoms. The molecule has 0 aromatic heterocycles. The molecule has 144 valence electrons. The molecule has 0 unspecified atom stereocenters. The predicted octanol–water partition coefficient (Wildman–Crippen LogP) is 2.49. The van der Waals surface area contributed by atoms with E-state index in [1.807, 2.05) is 44.4 Å². The van der Waals surface area contributed by atoms with Gasteiger partial charge in [-0.25, -0.2) is 0 Å². The molecule has 4 rings (SSSR count). The second-order valence-electron chi connectivity index (χ2n) is 7.23. The van der Waals surface area contributed by atoms with E-state index in [1.165, 1.54) is 11.3 Å². The zero-order chi connectivity index (χ0) is 18.8. The maximum absolute atomic E-state index is 11.0. The molecular formula is C21H26N2O3S. The zero-order valence-electron chi connectivity index (χ0n) is 15.6. The number of ether oxygens (including phenoxy) is 2. The molecule has 0 saturated carbocycles. The summed E-state index contributed by atoms with van der Waals surface area (Å²) in [5.74, 6) is 0. The number of aliphatic hydroxyl groups is 1. The molecule has 0 radical (unpaired) electrons. The number of hydrogen-bond acceptors (Lipinski definition) is 6. The van der Waals surface area contributed by atoms with E-state index in [2.05, 4.69) is 34.5 Å². The van der Waals surface area contributed by atoms with Crippen LogP contribution < -0.4 is 10.2 Å². The molecule has 6 heteroatoms. The van der Waals surface area contributed by atoms with Gasteiger partial charge in [0.25, 0.3) is 0 Å². The van der Waals surface area contributed by atoms with E-state index < -0.39 is 6.10 Å². The Balaban J connectivity index is 1.42. The minimum atomic E-state index is -0.539. The van der Waals surface area contributed by atoms with Gasteiger partial charge in [0, 0.05) is 31.2 Å². The van der Waals surface area contributed by atoms with Crippen molar-refractivity contribution < 1.29 is 14.6 Å². The molecule has 5 nitrogen and oxygen atoms in total. The second kappa shape index (κ2) is 8.20. The Morgan fingerprint density at radius 3 is 2.56 bits per heavy atom. The number of fused-ring (bicyclic) bond motifs is 2. The third-order valence-electron chi connectivity index (χ3n) is 5.12. The van der Waals surface area contributed by atoms with Crippen LogP contribution in [0.25, 0.3) is 0 Å². The zero-order valence-corrected chi connectivity index (χ0v) is 16.4. The lowest BCUT2D eigenvalue weighted by molar-refractivity contribution is -0.123. The lowest BCUT2D eigenvalue weighted by Crippen LogP contribution is -2.58. The number of benzene rings is 2. The summed E-state index contributed by atoms with van der Waals surface area (Å²) in [6.45, 7) is 1.20. The molecule has 2 aromatic rings. The smallest absolute Gasteiger partial charge is 0.172 e. The van der Waals surface area contributed by atoms with Crippen molar-refractivity contribution in [3.05, 3.63) is 60.2 Å². The first-order valence-electron chi connectivity index (χ1n) is 9.28. The molecular weight excluding hydrogens is 360 g/mol. The van der Waals surface area contributed by atoms with E-state index in [9.17, 15) is 5.11 Å². The molecule has 2 aliphatic rings. The first-order valence-corrected chi connectivity index (χ1v) is 10.2. The van der Waals surface area contributed by atoms with Crippen LogP contribution in [0.3, 0.4) is 0 Å². The summed E-state index contributed by atoms with van der Waals surface area (Å²) in [7, 11) is 4.06. The van der Waals surface area contributed by atoms with Crippen molar-refractivity contribution in [2.75, 3.05) is 25.6 Å². The summed E-state index contributed by atoms with van der Waals surface area (Å²) < 4.78 is 11.8. The van der Waals surface area contributed by atoms with E-state index in [1.54, 1.807) is 11.8 Å². The second-order valence-corrected chi connectivity index (χ2v) is 8.48. The molecule has 2 fully saturated rings. The Morgan fingerprint density at radius 1 is 1.11 bits per heavy atom. The normalized spacial score (nSPS) is 29.7. The number of rotatable bonds is 6. The standard InChI is InChI=1S/C21H26N2O3S/c1-23(2)15-10-8-14(9-11-15)12-22-18-17-13-25-21(26-17)20(19(18)24)27-16-6-4-3-5-7-16/h3-11,17-22,24H,12-13H2,1-2H3/t17-,18-,19-,20+,21+/m0/s1. The van der Waals surface area contributed by atoms with Crippen LogP contribution in [0.4, 0.5) is 5.69 Å². The third kappa shape index (κ3) is 4.15. The van der Waals surface area contributed by atoms with Crippen LogP contribution in [0.15, 0.2) is 59.5 Å². The van der Waals surface area contributed by atoms with Crippen LogP contribution in [0.1, 0.15) is 5.56 Å². The van der Waals surface area contributed by atoms with E-state index in [-0.39, 0.29) is 23.7 Å². The molecule has 2 heterocycles. The van der Waals surface area contributed by atoms with Crippen molar-refractivity contribution in [3.63, 3.8) is 0 Å². The molecule has 2 aliphatic heterocycles. The van der Waals surface area contributed by atoms with E-state index >= 15 is 0 Å². The number of nitrogens with one attached hydrogen (secondary N) is 1. The Hall–Kier alpha value is -1.57. The van der Waals surface area contributed by atoms with Crippen molar-refractivity contribution in [1.82, 2.24) is 5.32 Å². The van der Waals surface area contributed by atoms with E-state index in [4.69, 9.17) is 9.47 Å². The first-order chi connectivity index (χ1) is 13.1. The Labute approximate surface area is 164 Å². The molecule has 2 bridgehead atoms. The SMILES string of the molecule is CN(C)c1ccc(CN[C@@H]2[C@H](O)[C@@H](Sc3ccccc3)[C@@H]3OC[C@@H]2O3)cc1. The highest BCUT2D eigenvalue weighted by atomic mass is 32.2. The van der Waals surface area contributed by atoms with Crippen LogP contribution in [0, 0.1) is 0 Å². The fraction of sp³-hybridized carbons (Fsp3) is 0.429. The van der Waals surface area contributed by atoms with Crippen molar-refractivity contribution in [1.29, 1.82) is 0 Å². The van der Waals surface area contributed by atoms with E-state index in [0.29, 0.717) is 13.2 Å². The number of anilines is 1. The maximum Gasteiger partial charge on any atom is 0.172 e. The van der Waals surface area contributed by atoms with Crippen LogP contribution in [-0.2, 0) is 16.0 Å². The summed E-state index contributed by atoms with van der Waals surface area (Å²) in [4.78, 5) is 3.19. The number of nitrogens with zero attached hydrogens (tertiary/aromatic N) is 1. The van der Waals surface area contributed by atoms with Gasteiger partial charge in [-0.05, 0) is 29.8 Å². The molecule has 5 atom stereocenters. The number of aliphatic hydroxyl groups excluding tert-OH is 1. The quantitative estimate of drug-likeness (QED) is 0.796. The Kier molecular flexibility index (Phi) is 5.71. The monoisotopic (exact) mass is 386 g/mol. The van der Waals surface area contributed by atoms with Crippen LogP contribution in [0.5, 0.6) is 0 Å². The summed E-state index contributed by atoms with van der Waals surface area (Å²) in [6, 6.07) is 18.4. The number of hydrogen-bond donors (Lipinski definition) is 2. The average Bonchev–Trinajstić information content (AvgIpc) is 3.12. The van der Waals surface area contributed by atoms with Gasteiger partial charge in [0.05, 0.1) is 24.0 Å². The summed E-state index contributed by atoms with van der Waals surface area (Å²) in [5.41, 5.74) is 2.35. The molecule has 2 N–H and O–H groups in total. The first kappa shape index (κ1) is 18.8. The number of thioether (sulfide) groups is 1. The lowest BCUT2D eigenvalue weighted by atomic mass is 9.99. The highest BCUT2D eigenvalue weighted by Gasteiger charge is 2.50. The fourth-order valence-corrected chi connectivity index (χ4v) is 4.76. The topological polar surface area (TPSA) is 54.0 Å². The fourth-order valence-electron chi connectivity index (χ4n) is 3.57. The van der Waals surface area contributed by atoms with Gasteiger partial charge in [0.2, 0.25) is 0 Å². The Morgan fingerprint density at radius 2 is 1.85 bits per heavy atom. The maximum atomic E-state index is 11.0. The van der Waals surface area contributed by atoms with Gasteiger partial charge in [0.15, 0.2) is 6.29 Å². The molecule has 0 aliphatic carbocycles. The summed E-state index contributed by atoms with van der Waals surface area (Å²) in [5, 5.41) is 14.4. The van der Waals surface area contributed by atoms with Gasteiger partial charge in [-0.1, -0.05) is 30.3 Å². The van der Waals surface area contributed by atoms with Gasteiger partial charge in [-0.2, -0.15) is 0 Å². The lowest BCUT2D eigenvalue weighted by Gasteiger charge is -2.38. The van der Waals surface area contributed by atoms with Crippen molar-refractivity contribution >= 4 is 17.4 Å². The molecule has 2 aromatic carbocycles. The highest BCUT2D eigenvalue weighted by Crippen LogP contribution is 2.38. The van der Waals surface area contributed by atoms with Crippen molar-refractivity contribution in [2.24, 2.45) is 0 Å². The summed E-state index contributed by atoms with van der Waals surface area (Å²) >= 11 is 1.62. The predicted molar refractivity (Wildman–Crippen MR) is 108 cm³/mol. The van der Waals surface area contributed by atoms with Gasteiger partial charge >= 0.3 is 0 Å². The van der Waals surface area contributed by atoms with Gasteiger partial charge in [-0.3, -0.25) is 0 Å². The average molecular weight is 387 g/mol. The largest absolute Gasteiger partial charge is 0.390 e. The molecule has 0 amide bonds. The highest BCUT2D eigenvalue weighted by molar-refractivity contribution is 8.00. The van der Waals surface area contributed by atoms with Crippen molar-refractivity contribution in [3.8, 4) is 0 Å². The Bertz CT molecular complexity index is 741. The van der Waals surface area contributed by atoms with E-state index in [0.717, 1.165) is 4.90 Å². The van der Waals surface area contributed by atoms with Gasteiger partial charge in [-0.15, -0.1) is 11.8 Å². The van der Waals surface area contributed by atoms with Crippen molar-refractivity contribution in [2.45, 2.75) is 41.2 Å². The minimum Gasteiger partial charge on any atom is -0.390 e. The van der Waals surface area contributed by atoms with Crippen LogP contribution >= 0.6 is 11.8 Å². The van der Waals surface area contributed by atoms with Gasteiger partial charge < -0.3 is 24.8 Å².